The summed E-state index contributed by atoms with van der Waals surface area (Å²) >= 11 is 0. The van der Waals surface area contributed by atoms with Crippen LogP contribution in [0.4, 0.5) is 13.2 Å². The quantitative estimate of drug-likeness (QED) is 0.841. The van der Waals surface area contributed by atoms with E-state index in [1.165, 1.54) is 0 Å². The third-order valence-corrected chi connectivity index (χ3v) is 2.68. The molecule has 0 saturated heterocycles. The molecule has 4 nitrogen and oxygen atoms in total. The smallest absolute Gasteiger partial charge is 0.382 e. The average Bonchev–Trinajstić information content (AvgIpc) is 2.42. The molecular formula is C10H16F3N3O. The molecule has 1 atom stereocenters. The molecule has 1 unspecified atom stereocenters. The van der Waals surface area contributed by atoms with Crippen LogP contribution < -0.4 is 5.32 Å². The molecule has 0 aliphatic heterocycles. The van der Waals surface area contributed by atoms with E-state index in [-0.39, 0.29) is 6.54 Å². The molecule has 1 aromatic rings. The monoisotopic (exact) mass is 251 g/mol. The predicted octanol–water partition coefficient (Wildman–Crippen LogP) is 1.05. The zero-order chi connectivity index (χ0) is 13.2. The molecule has 1 aromatic heterocycles. The lowest BCUT2D eigenvalue weighted by Gasteiger charge is -2.15. The summed E-state index contributed by atoms with van der Waals surface area (Å²) < 4.78 is 37.8. The summed E-state index contributed by atoms with van der Waals surface area (Å²) in [5, 5.41) is 15.5. The van der Waals surface area contributed by atoms with Gasteiger partial charge in [0, 0.05) is 31.4 Å². The average molecular weight is 251 g/mol. The number of aliphatic hydroxyl groups excluding tert-OH is 1. The minimum absolute atomic E-state index is 0.263. The largest absolute Gasteiger partial charge is 0.415 e. The van der Waals surface area contributed by atoms with Crippen LogP contribution in [0.25, 0.3) is 0 Å². The second kappa shape index (κ2) is 5.05. The summed E-state index contributed by atoms with van der Waals surface area (Å²) in [6, 6.07) is 0. The maximum atomic E-state index is 12.0. The van der Waals surface area contributed by atoms with Gasteiger partial charge in [0.2, 0.25) is 0 Å². The number of nitrogens with zero attached hydrogens (tertiary/aromatic N) is 2. The maximum absolute atomic E-state index is 12.0. The summed E-state index contributed by atoms with van der Waals surface area (Å²) in [4.78, 5) is 0. The van der Waals surface area contributed by atoms with Crippen molar-refractivity contribution < 1.29 is 18.3 Å². The van der Waals surface area contributed by atoms with Crippen molar-refractivity contribution in [1.82, 2.24) is 15.1 Å². The highest BCUT2D eigenvalue weighted by atomic mass is 19.4. The Bertz CT molecular complexity index is 387. The lowest BCUT2D eigenvalue weighted by atomic mass is 10.2. The number of nitrogens with one attached hydrogen (secondary N) is 1. The van der Waals surface area contributed by atoms with Gasteiger partial charge in [-0.05, 0) is 13.8 Å². The minimum Gasteiger partial charge on any atom is -0.382 e. The first-order chi connectivity index (χ1) is 7.73. The standard InChI is InChI=1S/C10H16F3N3O/c1-6-8(7(2)16(3)15-6)4-14-5-9(17)10(11,12)13/h9,14,17H,4-5H2,1-3H3. The van der Waals surface area contributed by atoms with E-state index < -0.39 is 18.8 Å². The van der Waals surface area contributed by atoms with Gasteiger partial charge in [0.25, 0.3) is 0 Å². The highest BCUT2D eigenvalue weighted by Gasteiger charge is 2.37. The Morgan fingerprint density at radius 2 is 2.00 bits per heavy atom. The van der Waals surface area contributed by atoms with Gasteiger partial charge in [-0.15, -0.1) is 0 Å². The van der Waals surface area contributed by atoms with Crippen LogP contribution in [-0.2, 0) is 13.6 Å². The fourth-order valence-electron chi connectivity index (χ4n) is 1.52. The number of halogens is 3. The second-order valence-electron chi connectivity index (χ2n) is 3.96. The molecule has 0 fully saturated rings. The predicted molar refractivity (Wildman–Crippen MR) is 56.5 cm³/mol. The molecule has 1 heterocycles. The number of aryl methyl sites for hydroxylation is 2. The van der Waals surface area contributed by atoms with Crippen LogP contribution in [0.5, 0.6) is 0 Å². The van der Waals surface area contributed by atoms with Crippen LogP contribution in [0, 0.1) is 13.8 Å². The second-order valence-corrected chi connectivity index (χ2v) is 3.96. The molecule has 0 aliphatic rings. The molecule has 0 aliphatic carbocycles. The lowest BCUT2D eigenvalue weighted by Crippen LogP contribution is -2.38. The van der Waals surface area contributed by atoms with Crippen molar-refractivity contribution in [2.24, 2.45) is 7.05 Å². The Balaban J connectivity index is 2.52. The third kappa shape index (κ3) is 3.44. The Morgan fingerprint density at radius 1 is 1.41 bits per heavy atom. The van der Waals surface area contributed by atoms with E-state index in [9.17, 15) is 13.2 Å². The zero-order valence-electron chi connectivity index (χ0n) is 9.97. The van der Waals surface area contributed by atoms with Crippen molar-refractivity contribution in [2.75, 3.05) is 6.54 Å². The fraction of sp³-hybridized carbons (Fsp3) is 0.700. The molecule has 0 saturated carbocycles. The van der Waals surface area contributed by atoms with E-state index in [2.05, 4.69) is 10.4 Å². The van der Waals surface area contributed by atoms with Crippen molar-refractivity contribution in [1.29, 1.82) is 0 Å². The van der Waals surface area contributed by atoms with E-state index in [1.54, 1.807) is 18.7 Å². The van der Waals surface area contributed by atoms with Crippen LogP contribution in [0.1, 0.15) is 17.0 Å². The molecule has 0 spiro atoms. The van der Waals surface area contributed by atoms with E-state index in [0.29, 0.717) is 0 Å². The van der Waals surface area contributed by atoms with Gasteiger partial charge >= 0.3 is 6.18 Å². The van der Waals surface area contributed by atoms with E-state index in [4.69, 9.17) is 5.11 Å². The first-order valence-electron chi connectivity index (χ1n) is 5.18. The minimum atomic E-state index is -4.58. The Kier molecular flexibility index (Phi) is 4.16. The van der Waals surface area contributed by atoms with E-state index in [1.807, 2.05) is 6.92 Å². The maximum Gasteiger partial charge on any atom is 0.415 e. The molecule has 0 amide bonds. The van der Waals surface area contributed by atoms with Gasteiger partial charge in [0.1, 0.15) is 0 Å². The molecule has 0 bridgehead atoms. The van der Waals surface area contributed by atoms with Gasteiger partial charge in [-0.25, -0.2) is 0 Å². The Hall–Kier alpha value is -1.08. The molecule has 17 heavy (non-hydrogen) atoms. The normalized spacial score (nSPS) is 14.1. The molecule has 7 heteroatoms. The van der Waals surface area contributed by atoms with Gasteiger partial charge in [0.05, 0.1) is 5.69 Å². The van der Waals surface area contributed by atoms with E-state index in [0.717, 1.165) is 17.0 Å². The highest BCUT2D eigenvalue weighted by molar-refractivity contribution is 5.23. The number of aromatic nitrogens is 2. The third-order valence-electron chi connectivity index (χ3n) is 2.68. The number of hydrogen-bond donors (Lipinski definition) is 2. The van der Waals surface area contributed by atoms with Crippen molar-refractivity contribution >= 4 is 0 Å². The number of alkyl halides is 3. The molecule has 2 N–H and O–H groups in total. The molecule has 0 aromatic carbocycles. The van der Waals surface area contributed by atoms with Gasteiger partial charge in [0.15, 0.2) is 6.10 Å². The fourth-order valence-corrected chi connectivity index (χ4v) is 1.52. The summed E-state index contributed by atoms with van der Waals surface area (Å²) in [6.07, 6.45) is -6.91. The number of rotatable bonds is 4. The van der Waals surface area contributed by atoms with Crippen LogP contribution in [0.2, 0.25) is 0 Å². The van der Waals surface area contributed by atoms with Crippen molar-refractivity contribution in [3.8, 4) is 0 Å². The Labute approximate surface area is 97.4 Å². The van der Waals surface area contributed by atoms with E-state index >= 15 is 0 Å². The van der Waals surface area contributed by atoms with Gasteiger partial charge in [-0.3, -0.25) is 4.68 Å². The highest BCUT2D eigenvalue weighted by Crippen LogP contribution is 2.19. The molecule has 1 rings (SSSR count). The first kappa shape index (κ1) is 14.0. The summed E-state index contributed by atoms with van der Waals surface area (Å²) in [6.45, 7) is 3.39. The summed E-state index contributed by atoms with van der Waals surface area (Å²) in [7, 11) is 1.77. The molecular weight excluding hydrogens is 235 g/mol. The van der Waals surface area contributed by atoms with Gasteiger partial charge in [-0.1, -0.05) is 0 Å². The Morgan fingerprint density at radius 3 is 2.41 bits per heavy atom. The zero-order valence-corrected chi connectivity index (χ0v) is 9.97. The van der Waals surface area contributed by atoms with Crippen molar-refractivity contribution in [3.05, 3.63) is 17.0 Å². The molecule has 98 valence electrons. The van der Waals surface area contributed by atoms with Crippen LogP contribution in [0.3, 0.4) is 0 Å². The lowest BCUT2D eigenvalue weighted by molar-refractivity contribution is -0.201. The summed E-state index contributed by atoms with van der Waals surface area (Å²) in [5.41, 5.74) is 2.54. The van der Waals surface area contributed by atoms with Crippen LogP contribution in [-0.4, -0.2) is 33.7 Å². The van der Waals surface area contributed by atoms with Gasteiger partial charge < -0.3 is 10.4 Å². The van der Waals surface area contributed by atoms with Crippen molar-refractivity contribution in [2.45, 2.75) is 32.7 Å². The topological polar surface area (TPSA) is 50.1 Å². The number of aliphatic hydroxyl groups is 1. The van der Waals surface area contributed by atoms with Crippen molar-refractivity contribution in [3.63, 3.8) is 0 Å². The van der Waals surface area contributed by atoms with Crippen LogP contribution >= 0.6 is 0 Å². The summed E-state index contributed by atoms with van der Waals surface area (Å²) in [5.74, 6) is 0. The first-order valence-corrected chi connectivity index (χ1v) is 5.18. The van der Waals surface area contributed by atoms with Crippen LogP contribution in [0.15, 0.2) is 0 Å². The molecule has 0 radical (unpaired) electrons. The van der Waals surface area contributed by atoms with Gasteiger partial charge in [-0.2, -0.15) is 18.3 Å². The number of hydrogen-bond acceptors (Lipinski definition) is 3. The SMILES string of the molecule is Cc1nn(C)c(C)c1CNCC(O)C(F)(F)F.